The number of benzene rings is 2. The lowest BCUT2D eigenvalue weighted by Gasteiger charge is -2.49. The van der Waals surface area contributed by atoms with Gasteiger partial charge >= 0.3 is 0 Å². The number of fused-ring (bicyclic) bond motifs is 4. The van der Waals surface area contributed by atoms with Crippen LogP contribution in [0.2, 0.25) is 0 Å². The van der Waals surface area contributed by atoms with Gasteiger partial charge in [0.1, 0.15) is 0 Å². The molecule has 5 nitrogen and oxygen atoms in total. The predicted octanol–water partition coefficient (Wildman–Crippen LogP) is 5.31. The van der Waals surface area contributed by atoms with Crippen LogP contribution in [0.3, 0.4) is 0 Å². The Morgan fingerprint density at radius 1 is 1.03 bits per heavy atom. The highest BCUT2D eigenvalue weighted by atomic mass is 32.2. The summed E-state index contributed by atoms with van der Waals surface area (Å²) in [6, 6.07) is 11.1. The molecule has 1 saturated heterocycles. The van der Waals surface area contributed by atoms with E-state index in [4.69, 9.17) is 4.74 Å². The summed E-state index contributed by atoms with van der Waals surface area (Å²) in [5.41, 5.74) is 4.90. The predicted molar refractivity (Wildman–Crippen MR) is 119 cm³/mol. The third kappa shape index (κ3) is 3.30. The maximum atomic E-state index is 13.1. The third-order valence-corrected chi connectivity index (χ3v) is 8.71. The zero-order valence-electron chi connectivity index (χ0n) is 17.7. The van der Waals surface area contributed by atoms with E-state index >= 15 is 0 Å². The van der Waals surface area contributed by atoms with Gasteiger partial charge in [0.2, 0.25) is 0 Å². The SMILES string of the molecule is Cc1ccc(NS(=O)(=O)c2ccc3c(c2)C2OCC[C@H]2C2(CCCCC2)N3)cc1C. The van der Waals surface area contributed by atoms with Crippen molar-refractivity contribution in [1.29, 1.82) is 0 Å². The molecule has 30 heavy (non-hydrogen) atoms. The number of aryl methyl sites for hydroxylation is 2. The number of hydrogen-bond donors (Lipinski definition) is 2. The summed E-state index contributed by atoms with van der Waals surface area (Å²) in [5, 5.41) is 3.83. The summed E-state index contributed by atoms with van der Waals surface area (Å²) in [6.45, 7) is 4.74. The molecule has 0 aromatic heterocycles. The second kappa shape index (κ2) is 7.27. The standard InChI is InChI=1S/C24H30N2O3S/c1-16-6-7-18(14-17(16)2)26-30(27,28)19-8-9-22-20(15-19)23-21(10-13-29-23)24(25-22)11-4-3-5-12-24/h6-9,14-15,21,23,25-26H,3-5,10-13H2,1-2H3/t21-,23?/m1/s1. The molecular weight excluding hydrogens is 396 g/mol. The fourth-order valence-corrected chi connectivity index (χ4v) is 6.66. The Morgan fingerprint density at radius 2 is 1.83 bits per heavy atom. The summed E-state index contributed by atoms with van der Waals surface area (Å²) < 4.78 is 35.1. The smallest absolute Gasteiger partial charge is 0.261 e. The van der Waals surface area contributed by atoms with E-state index < -0.39 is 10.0 Å². The first-order valence-corrected chi connectivity index (χ1v) is 12.5. The molecule has 1 saturated carbocycles. The minimum Gasteiger partial charge on any atom is -0.379 e. The van der Waals surface area contributed by atoms with Crippen LogP contribution in [0.4, 0.5) is 11.4 Å². The molecule has 6 heteroatoms. The number of nitrogens with one attached hydrogen (secondary N) is 2. The second-order valence-corrected chi connectivity index (χ2v) is 10.9. The van der Waals surface area contributed by atoms with Crippen molar-refractivity contribution in [3.05, 3.63) is 53.1 Å². The van der Waals surface area contributed by atoms with E-state index in [1.165, 1.54) is 32.1 Å². The lowest BCUT2D eigenvalue weighted by Crippen LogP contribution is -2.51. The summed E-state index contributed by atoms with van der Waals surface area (Å²) in [5.74, 6) is 0.413. The Kier molecular flexibility index (Phi) is 4.82. The molecule has 2 aliphatic heterocycles. The van der Waals surface area contributed by atoms with Crippen LogP contribution < -0.4 is 10.0 Å². The Bertz CT molecular complexity index is 1070. The van der Waals surface area contributed by atoms with Crippen molar-refractivity contribution in [2.75, 3.05) is 16.6 Å². The van der Waals surface area contributed by atoms with Gasteiger partial charge in [-0.15, -0.1) is 0 Å². The molecule has 0 bridgehead atoms. The minimum absolute atomic E-state index is 0.0175. The maximum Gasteiger partial charge on any atom is 0.261 e. The van der Waals surface area contributed by atoms with Crippen LogP contribution in [0, 0.1) is 19.8 Å². The highest BCUT2D eigenvalue weighted by Gasteiger charge is 2.50. The van der Waals surface area contributed by atoms with Crippen molar-refractivity contribution < 1.29 is 13.2 Å². The van der Waals surface area contributed by atoms with Crippen LogP contribution in [-0.2, 0) is 14.8 Å². The van der Waals surface area contributed by atoms with E-state index in [0.717, 1.165) is 35.4 Å². The molecule has 2 aromatic carbocycles. The Morgan fingerprint density at radius 3 is 2.60 bits per heavy atom. The fraction of sp³-hybridized carbons (Fsp3) is 0.500. The molecule has 0 radical (unpaired) electrons. The highest BCUT2D eigenvalue weighted by molar-refractivity contribution is 7.92. The number of anilines is 2. The van der Waals surface area contributed by atoms with Crippen LogP contribution in [0.5, 0.6) is 0 Å². The average Bonchev–Trinajstić information content (AvgIpc) is 3.22. The van der Waals surface area contributed by atoms with Crippen LogP contribution in [0.1, 0.15) is 61.3 Å². The first kappa shape index (κ1) is 19.9. The molecule has 1 unspecified atom stereocenters. The van der Waals surface area contributed by atoms with Crippen LogP contribution in [-0.4, -0.2) is 20.6 Å². The van der Waals surface area contributed by atoms with E-state index in [9.17, 15) is 8.42 Å². The monoisotopic (exact) mass is 426 g/mol. The molecule has 3 aliphatic rings. The van der Waals surface area contributed by atoms with Crippen molar-refractivity contribution in [3.63, 3.8) is 0 Å². The van der Waals surface area contributed by atoms with Crippen molar-refractivity contribution in [1.82, 2.24) is 0 Å². The zero-order chi connectivity index (χ0) is 20.9. The molecule has 1 spiro atoms. The summed E-state index contributed by atoms with van der Waals surface area (Å²) in [6.07, 6.45) is 7.16. The van der Waals surface area contributed by atoms with Gasteiger partial charge in [-0.2, -0.15) is 0 Å². The first-order chi connectivity index (χ1) is 14.4. The Labute approximate surface area is 179 Å². The van der Waals surface area contributed by atoms with Gasteiger partial charge in [-0.3, -0.25) is 4.72 Å². The normalized spacial score (nSPS) is 24.7. The Balaban J connectivity index is 1.48. The molecule has 2 fully saturated rings. The Hall–Kier alpha value is -2.05. The van der Waals surface area contributed by atoms with E-state index in [2.05, 4.69) is 10.0 Å². The van der Waals surface area contributed by atoms with Crippen molar-refractivity contribution in [2.45, 2.75) is 68.9 Å². The summed E-state index contributed by atoms with van der Waals surface area (Å²) in [7, 11) is -3.67. The molecule has 2 heterocycles. The number of sulfonamides is 1. The molecule has 0 amide bonds. The van der Waals surface area contributed by atoms with E-state index in [1.54, 1.807) is 6.07 Å². The highest BCUT2D eigenvalue weighted by Crippen LogP contribution is 2.54. The van der Waals surface area contributed by atoms with Gasteiger partial charge in [0.25, 0.3) is 10.0 Å². The molecule has 2 aromatic rings. The topological polar surface area (TPSA) is 67.4 Å². The van der Waals surface area contributed by atoms with E-state index in [0.29, 0.717) is 11.6 Å². The van der Waals surface area contributed by atoms with Gasteiger partial charge in [-0.25, -0.2) is 8.42 Å². The summed E-state index contributed by atoms with van der Waals surface area (Å²) >= 11 is 0. The quantitative estimate of drug-likeness (QED) is 0.698. The molecule has 160 valence electrons. The van der Waals surface area contributed by atoms with Crippen molar-refractivity contribution in [2.24, 2.45) is 5.92 Å². The molecule has 1 aliphatic carbocycles. The molecule has 2 N–H and O–H groups in total. The molecule has 2 atom stereocenters. The van der Waals surface area contributed by atoms with Crippen LogP contribution in [0.25, 0.3) is 0 Å². The van der Waals surface area contributed by atoms with Gasteiger partial charge in [-0.05, 0) is 74.6 Å². The van der Waals surface area contributed by atoms with Crippen molar-refractivity contribution in [3.8, 4) is 0 Å². The van der Waals surface area contributed by atoms with Gasteiger partial charge in [-0.1, -0.05) is 25.3 Å². The average molecular weight is 427 g/mol. The van der Waals surface area contributed by atoms with Crippen LogP contribution >= 0.6 is 0 Å². The fourth-order valence-electron chi connectivity index (χ4n) is 5.58. The lowest BCUT2D eigenvalue weighted by atomic mass is 9.67. The molecular formula is C24H30N2O3S. The molecule has 5 rings (SSSR count). The van der Waals surface area contributed by atoms with Crippen molar-refractivity contribution >= 4 is 21.4 Å². The maximum absolute atomic E-state index is 13.1. The first-order valence-electron chi connectivity index (χ1n) is 11.0. The number of ether oxygens (including phenoxy) is 1. The van der Waals surface area contributed by atoms with E-state index in [-0.39, 0.29) is 16.5 Å². The van der Waals surface area contributed by atoms with Gasteiger partial charge in [0.15, 0.2) is 0 Å². The van der Waals surface area contributed by atoms with Gasteiger partial charge in [0, 0.05) is 35.0 Å². The summed E-state index contributed by atoms with van der Waals surface area (Å²) in [4.78, 5) is 0.287. The number of hydrogen-bond acceptors (Lipinski definition) is 4. The van der Waals surface area contributed by atoms with E-state index in [1.807, 2.05) is 44.2 Å². The minimum atomic E-state index is -3.67. The number of rotatable bonds is 3. The zero-order valence-corrected chi connectivity index (χ0v) is 18.5. The van der Waals surface area contributed by atoms with Gasteiger partial charge < -0.3 is 10.1 Å². The van der Waals surface area contributed by atoms with Gasteiger partial charge in [0.05, 0.1) is 11.0 Å². The lowest BCUT2D eigenvalue weighted by molar-refractivity contribution is 0.0560. The van der Waals surface area contributed by atoms with Crippen LogP contribution in [0.15, 0.2) is 41.3 Å². The third-order valence-electron chi connectivity index (χ3n) is 7.33. The largest absolute Gasteiger partial charge is 0.379 e. The second-order valence-electron chi connectivity index (χ2n) is 9.18.